The molecule has 6 heteroatoms. The van der Waals surface area contributed by atoms with Crippen molar-refractivity contribution >= 4 is 0 Å². The van der Waals surface area contributed by atoms with E-state index in [0.717, 1.165) is 56.5 Å². The number of nitriles is 1. The molecular weight excluding hydrogens is 366 g/mol. The zero-order chi connectivity index (χ0) is 20.3. The van der Waals surface area contributed by atoms with E-state index >= 15 is 0 Å². The molecular formula is C23H29N3O3. The molecule has 0 atom stereocenters. The van der Waals surface area contributed by atoms with Gasteiger partial charge in [0.15, 0.2) is 11.5 Å². The summed E-state index contributed by atoms with van der Waals surface area (Å²) in [6, 6.07) is 18.1. The Bertz CT molecular complexity index is 784. The molecule has 1 heterocycles. The SMILES string of the molecule is COc1cc(CN2CCN(CCC#N)CC2)ccc1OCCOc1ccccc1. The van der Waals surface area contributed by atoms with E-state index in [4.69, 9.17) is 19.5 Å². The molecule has 0 aliphatic carbocycles. The summed E-state index contributed by atoms with van der Waals surface area (Å²) in [7, 11) is 1.67. The summed E-state index contributed by atoms with van der Waals surface area (Å²) in [5.41, 5.74) is 1.21. The van der Waals surface area contributed by atoms with Gasteiger partial charge in [-0.05, 0) is 29.8 Å². The number of rotatable bonds is 10. The molecule has 1 aliphatic rings. The van der Waals surface area contributed by atoms with Crippen molar-refractivity contribution in [3.05, 3.63) is 54.1 Å². The Morgan fingerprint density at radius 2 is 1.62 bits per heavy atom. The van der Waals surface area contributed by atoms with E-state index in [2.05, 4.69) is 28.0 Å². The van der Waals surface area contributed by atoms with E-state index in [1.807, 2.05) is 36.4 Å². The summed E-state index contributed by atoms with van der Waals surface area (Å²) in [5, 5.41) is 8.72. The minimum absolute atomic E-state index is 0.454. The van der Waals surface area contributed by atoms with Gasteiger partial charge in [-0.1, -0.05) is 24.3 Å². The van der Waals surface area contributed by atoms with Crippen LogP contribution in [0.4, 0.5) is 0 Å². The average Bonchev–Trinajstić information content (AvgIpc) is 2.77. The molecule has 0 N–H and O–H groups in total. The molecule has 2 aromatic rings. The van der Waals surface area contributed by atoms with Crippen LogP contribution in [0.5, 0.6) is 17.2 Å². The maximum atomic E-state index is 8.72. The summed E-state index contributed by atoms with van der Waals surface area (Å²) < 4.78 is 17.0. The van der Waals surface area contributed by atoms with Crippen molar-refractivity contribution < 1.29 is 14.2 Å². The molecule has 0 radical (unpaired) electrons. The Hall–Kier alpha value is -2.75. The highest BCUT2D eigenvalue weighted by molar-refractivity contribution is 5.43. The molecule has 0 spiro atoms. The third-order valence-electron chi connectivity index (χ3n) is 4.99. The van der Waals surface area contributed by atoms with Crippen molar-refractivity contribution in [3.8, 4) is 23.3 Å². The van der Waals surface area contributed by atoms with E-state index in [1.165, 1.54) is 5.56 Å². The zero-order valence-electron chi connectivity index (χ0n) is 17.0. The second-order valence-electron chi connectivity index (χ2n) is 7.02. The standard InChI is InChI=1S/C23H29N3O3/c1-27-23-18-20(19-26-14-12-25(13-15-26)11-5-10-24)8-9-22(23)29-17-16-28-21-6-3-2-4-7-21/h2-4,6-9,18H,5,11-17,19H2,1H3. The Labute approximate surface area is 173 Å². The van der Waals surface area contributed by atoms with E-state index in [0.29, 0.717) is 19.6 Å². The van der Waals surface area contributed by atoms with Gasteiger partial charge in [-0.15, -0.1) is 0 Å². The fourth-order valence-corrected chi connectivity index (χ4v) is 3.39. The molecule has 1 saturated heterocycles. The van der Waals surface area contributed by atoms with Gasteiger partial charge in [0.1, 0.15) is 19.0 Å². The maximum Gasteiger partial charge on any atom is 0.161 e. The summed E-state index contributed by atoms with van der Waals surface area (Å²) in [6.07, 6.45) is 0.606. The van der Waals surface area contributed by atoms with Crippen LogP contribution < -0.4 is 14.2 Å². The van der Waals surface area contributed by atoms with Crippen molar-refractivity contribution in [1.29, 1.82) is 5.26 Å². The predicted molar refractivity (Wildman–Crippen MR) is 112 cm³/mol. The van der Waals surface area contributed by atoms with Gasteiger partial charge < -0.3 is 14.2 Å². The van der Waals surface area contributed by atoms with Crippen LogP contribution in [0.1, 0.15) is 12.0 Å². The number of hydrogen-bond acceptors (Lipinski definition) is 6. The first-order chi connectivity index (χ1) is 14.3. The number of methoxy groups -OCH3 is 1. The first kappa shape index (κ1) is 21.0. The van der Waals surface area contributed by atoms with Gasteiger partial charge in [-0.2, -0.15) is 5.26 Å². The average molecular weight is 396 g/mol. The highest BCUT2D eigenvalue weighted by Gasteiger charge is 2.17. The molecule has 1 aliphatic heterocycles. The minimum Gasteiger partial charge on any atom is -0.493 e. The Morgan fingerprint density at radius 3 is 2.34 bits per heavy atom. The molecule has 1 fully saturated rings. The largest absolute Gasteiger partial charge is 0.493 e. The van der Waals surface area contributed by atoms with Crippen LogP contribution in [-0.4, -0.2) is 62.8 Å². The molecule has 29 heavy (non-hydrogen) atoms. The van der Waals surface area contributed by atoms with Gasteiger partial charge in [0, 0.05) is 45.7 Å². The second kappa shape index (κ2) is 11.3. The number of ether oxygens (including phenoxy) is 3. The highest BCUT2D eigenvalue weighted by Crippen LogP contribution is 2.28. The van der Waals surface area contributed by atoms with Crippen molar-refractivity contribution in [1.82, 2.24) is 9.80 Å². The van der Waals surface area contributed by atoms with Gasteiger partial charge in [-0.3, -0.25) is 9.80 Å². The van der Waals surface area contributed by atoms with Crippen molar-refractivity contribution in [2.75, 3.05) is 53.0 Å². The third-order valence-corrected chi connectivity index (χ3v) is 4.99. The molecule has 154 valence electrons. The van der Waals surface area contributed by atoms with E-state index in [1.54, 1.807) is 7.11 Å². The summed E-state index contributed by atoms with van der Waals surface area (Å²) in [4.78, 5) is 4.79. The van der Waals surface area contributed by atoms with Gasteiger partial charge in [0.2, 0.25) is 0 Å². The third kappa shape index (κ3) is 6.67. The fraction of sp³-hybridized carbons (Fsp3) is 0.435. The number of nitrogens with zero attached hydrogens (tertiary/aromatic N) is 3. The lowest BCUT2D eigenvalue weighted by Crippen LogP contribution is -2.46. The Kier molecular flexibility index (Phi) is 8.17. The molecule has 2 aromatic carbocycles. The molecule has 0 unspecified atom stereocenters. The lowest BCUT2D eigenvalue weighted by Gasteiger charge is -2.34. The monoisotopic (exact) mass is 395 g/mol. The van der Waals surface area contributed by atoms with Crippen LogP contribution in [-0.2, 0) is 6.54 Å². The second-order valence-corrected chi connectivity index (χ2v) is 7.02. The molecule has 3 rings (SSSR count). The lowest BCUT2D eigenvalue weighted by molar-refractivity contribution is 0.129. The Morgan fingerprint density at radius 1 is 0.897 bits per heavy atom. The normalized spacial score (nSPS) is 14.9. The fourth-order valence-electron chi connectivity index (χ4n) is 3.39. The van der Waals surface area contributed by atoms with Crippen LogP contribution in [0.3, 0.4) is 0 Å². The zero-order valence-corrected chi connectivity index (χ0v) is 17.0. The quantitative estimate of drug-likeness (QED) is 0.576. The lowest BCUT2D eigenvalue weighted by atomic mass is 10.1. The molecule has 0 bridgehead atoms. The van der Waals surface area contributed by atoms with Crippen molar-refractivity contribution in [2.24, 2.45) is 0 Å². The first-order valence-electron chi connectivity index (χ1n) is 10.1. The number of para-hydroxylation sites is 1. The van der Waals surface area contributed by atoms with Crippen LogP contribution in [0.2, 0.25) is 0 Å². The minimum atomic E-state index is 0.454. The van der Waals surface area contributed by atoms with E-state index in [9.17, 15) is 0 Å². The maximum absolute atomic E-state index is 8.72. The number of hydrogen-bond donors (Lipinski definition) is 0. The number of piperazine rings is 1. The van der Waals surface area contributed by atoms with E-state index in [-0.39, 0.29) is 0 Å². The van der Waals surface area contributed by atoms with Gasteiger partial charge in [0.05, 0.1) is 13.2 Å². The van der Waals surface area contributed by atoms with Crippen molar-refractivity contribution in [2.45, 2.75) is 13.0 Å². The molecule has 0 aromatic heterocycles. The van der Waals surface area contributed by atoms with E-state index < -0.39 is 0 Å². The van der Waals surface area contributed by atoms with Gasteiger partial charge >= 0.3 is 0 Å². The topological polar surface area (TPSA) is 58.0 Å². The summed E-state index contributed by atoms with van der Waals surface area (Å²) in [5.74, 6) is 2.32. The predicted octanol–water partition coefficient (Wildman–Crippen LogP) is 3.18. The molecule has 0 saturated carbocycles. The summed E-state index contributed by atoms with van der Waals surface area (Å²) >= 11 is 0. The highest BCUT2D eigenvalue weighted by atomic mass is 16.5. The Balaban J connectivity index is 1.45. The molecule has 6 nitrogen and oxygen atoms in total. The van der Waals surface area contributed by atoms with Crippen molar-refractivity contribution in [3.63, 3.8) is 0 Å². The number of benzene rings is 2. The van der Waals surface area contributed by atoms with Gasteiger partial charge in [0.25, 0.3) is 0 Å². The van der Waals surface area contributed by atoms with Crippen LogP contribution in [0.15, 0.2) is 48.5 Å². The van der Waals surface area contributed by atoms with Gasteiger partial charge in [-0.25, -0.2) is 0 Å². The molecule has 0 amide bonds. The van der Waals surface area contributed by atoms with Crippen LogP contribution in [0.25, 0.3) is 0 Å². The smallest absolute Gasteiger partial charge is 0.161 e. The first-order valence-corrected chi connectivity index (χ1v) is 10.1. The van der Waals surface area contributed by atoms with Crippen LogP contribution >= 0.6 is 0 Å². The summed E-state index contributed by atoms with van der Waals surface area (Å²) in [6.45, 7) is 6.76. The van der Waals surface area contributed by atoms with Crippen LogP contribution in [0, 0.1) is 11.3 Å².